The summed E-state index contributed by atoms with van der Waals surface area (Å²) in [5.74, 6) is 3.75. The first kappa shape index (κ1) is 20.4. The van der Waals surface area contributed by atoms with Crippen LogP contribution in [0.25, 0.3) is 11.4 Å². The molecule has 1 fully saturated rings. The fraction of sp³-hybridized carbons (Fsp3) is 0.375. The Morgan fingerprint density at radius 3 is 2.66 bits per heavy atom. The molecule has 8 heteroatoms. The zero-order chi connectivity index (χ0) is 21.9. The molecule has 0 unspecified atom stereocenters. The molecule has 0 N–H and O–H groups in total. The summed E-state index contributed by atoms with van der Waals surface area (Å²) < 4.78 is 21.5. The summed E-state index contributed by atoms with van der Waals surface area (Å²) in [6.07, 6.45) is 2.87. The lowest BCUT2D eigenvalue weighted by atomic mass is 9.96. The predicted molar refractivity (Wildman–Crippen MR) is 116 cm³/mol. The summed E-state index contributed by atoms with van der Waals surface area (Å²) in [5.41, 5.74) is 1.96. The Bertz CT molecular complexity index is 1090. The van der Waals surface area contributed by atoms with E-state index < -0.39 is 0 Å². The molecule has 2 aliphatic rings. The molecule has 0 aliphatic carbocycles. The molecule has 3 heterocycles. The molecule has 8 nitrogen and oxygen atoms in total. The number of ether oxygens (including phenoxy) is 3. The number of fused-ring (bicyclic) bond motifs is 1. The molecule has 5 rings (SSSR count). The molecule has 0 saturated carbocycles. The van der Waals surface area contributed by atoms with E-state index in [4.69, 9.17) is 18.7 Å². The third-order valence-corrected chi connectivity index (χ3v) is 6.06. The van der Waals surface area contributed by atoms with Gasteiger partial charge in [0.05, 0.1) is 7.11 Å². The van der Waals surface area contributed by atoms with Crippen LogP contribution in [0.2, 0.25) is 0 Å². The van der Waals surface area contributed by atoms with Gasteiger partial charge in [0.15, 0.2) is 11.5 Å². The Morgan fingerprint density at radius 2 is 1.88 bits per heavy atom. The number of aromatic nitrogens is 2. The monoisotopic (exact) mass is 435 g/mol. The van der Waals surface area contributed by atoms with E-state index in [0.29, 0.717) is 37.0 Å². The van der Waals surface area contributed by atoms with E-state index in [-0.39, 0.29) is 18.6 Å². The minimum atomic E-state index is 0.163. The van der Waals surface area contributed by atoms with Crippen molar-refractivity contribution < 1.29 is 23.5 Å². The van der Waals surface area contributed by atoms with Gasteiger partial charge >= 0.3 is 0 Å². The van der Waals surface area contributed by atoms with Crippen molar-refractivity contribution in [2.45, 2.75) is 31.6 Å². The van der Waals surface area contributed by atoms with Crippen LogP contribution in [0.5, 0.6) is 17.2 Å². The van der Waals surface area contributed by atoms with E-state index in [1.807, 2.05) is 47.4 Å². The molecule has 2 aliphatic heterocycles. The minimum absolute atomic E-state index is 0.163. The number of hydrogen-bond donors (Lipinski definition) is 0. The smallest absolute Gasteiger partial charge is 0.231 e. The van der Waals surface area contributed by atoms with Gasteiger partial charge in [0, 0.05) is 31.0 Å². The van der Waals surface area contributed by atoms with Gasteiger partial charge < -0.3 is 23.6 Å². The number of nitrogens with zero attached hydrogens (tertiary/aromatic N) is 3. The highest BCUT2D eigenvalue weighted by atomic mass is 16.7. The van der Waals surface area contributed by atoms with E-state index in [9.17, 15) is 4.79 Å². The maximum absolute atomic E-state index is 12.6. The van der Waals surface area contributed by atoms with E-state index in [1.165, 1.54) is 0 Å². The topological polar surface area (TPSA) is 86.9 Å². The van der Waals surface area contributed by atoms with Gasteiger partial charge in [-0.15, -0.1) is 0 Å². The van der Waals surface area contributed by atoms with Gasteiger partial charge in [-0.2, -0.15) is 4.98 Å². The van der Waals surface area contributed by atoms with Crippen molar-refractivity contribution in [3.05, 3.63) is 53.9 Å². The fourth-order valence-corrected chi connectivity index (χ4v) is 4.13. The molecule has 0 bridgehead atoms. The first-order chi connectivity index (χ1) is 15.7. The van der Waals surface area contributed by atoms with Crippen molar-refractivity contribution >= 4 is 5.91 Å². The van der Waals surface area contributed by atoms with Crippen LogP contribution in [-0.2, 0) is 11.2 Å². The molecule has 1 amide bonds. The summed E-state index contributed by atoms with van der Waals surface area (Å²) >= 11 is 0. The summed E-state index contributed by atoms with van der Waals surface area (Å²) in [5, 5.41) is 4.14. The average molecular weight is 435 g/mol. The standard InChI is InChI=1S/C24H25N3O5/c1-29-19-6-2-16(3-7-19)4-9-22(28)27-12-10-17(11-13-27)24-25-23(26-32-24)18-5-8-20-21(14-18)31-15-30-20/h2-3,5-8,14,17H,4,9-13,15H2,1H3. The highest BCUT2D eigenvalue weighted by molar-refractivity contribution is 5.76. The van der Waals surface area contributed by atoms with Crippen LogP contribution in [0.1, 0.15) is 36.6 Å². The van der Waals surface area contributed by atoms with E-state index in [0.717, 1.165) is 41.9 Å². The van der Waals surface area contributed by atoms with Gasteiger partial charge in [0.2, 0.25) is 24.4 Å². The molecule has 2 aromatic carbocycles. The van der Waals surface area contributed by atoms with Gasteiger partial charge in [-0.3, -0.25) is 4.79 Å². The third kappa shape index (κ3) is 4.26. The Balaban J connectivity index is 1.14. The third-order valence-electron chi connectivity index (χ3n) is 6.06. The van der Waals surface area contributed by atoms with Crippen LogP contribution in [0.4, 0.5) is 0 Å². The van der Waals surface area contributed by atoms with Crippen molar-refractivity contribution in [1.29, 1.82) is 0 Å². The first-order valence-corrected chi connectivity index (χ1v) is 10.8. The van der Waals surface area contributed by atoms with Gasteiger partial charge in [0.1, 0.15) is 5.75 Å². The Kier molecular flexibility index (Phi) is 5.66. The van der Waals surface area contributed by atoms with Gasteiger partial charge in [-0.25, -0.2) is 0 Å². The highest BCUT2D eigenvalue weighted by Crippen LogP contribution is 2.36. The number of methoxy groups -OCH3 is 1. The van der Waals surface area contributed by atoms with Crippen LogP contribution in [0.3, 0.4) is 0 Å². The average Bonchev–Trinajstić information content (AvgIpc) is 3.52. The van der Waals surface area contributed by atoms with E-state index in [2.05, 4.69) is 10.1 Å². The van der Waals surface area contributed by atoms with E-state index in [1.54, 1.807) is 7.11 Å². The van der Waals surface area contributed by atoms with Crippen LogP contribution in [-0.4, -0.2) is 47.9 Å². The van der Waals surface area contributed by atoms with Gasteiger partial charge in [0.25, 0.3) is 0 Å². The number of amides is 1. The number of carbonyl (C=O) groups is 1. The molecule has 166 valence electrons. The Morgan fingerprint density at radius 1 is 1.09 bits per heavy atom. The number of rotatable bonds is 6. The number of piperidine rings is 1. The maximum Gasteiger partial charge on any atom is 0.231 e. The summed E-state index contributed by atoms with van der Waals surface area (Å²) in [6, 6.07) is 13.5. The number of hydrogen-bond acceptors (Lipinski definition) is 7. The number of likely N-dealkylation sites (tertiary alicyclic amines) is 1. The number of carbonyl (C=O) groups excluding carboxylic acids is 1. The van der Waals surface area contributed by atoms with Crippen molar-refractivity contribution in [2.24, 2.45) is 0 Å². The number of aryl methyl sites for hydroxylation is 1. The molecule has 0 spiro atoms. The Labute approximate surface area is 186 Å². The van der Waals surface area contributed by atoms with Gasteiger partial charge in [-0.05, 0) is 55.2 Å². The SMILES string of the molecule is COc1ccc(CCC(=O)N2CCC(c3nc(-c4ccc5c(c4)OCO5)no3)CC2)cc1. The minimum Gasteiger partial charge on any atom is -0.497 e. The normalized spacial score (nSPS) is 15.7. The zero-order valence-corrected chi connectivity index (χ0v) is 18.0. The largest absolute Gasteiger partial charge is 0.497 e. The molecule has 3 aromatic rings. The van der Waals surface area contributed by atoms with Crippen molar-refractivity contribution in [2.75, 3.05) is 27.0 Å². The van der Waals surface area contributed by atoms with E-state index >= 15 is 0 Å². The lowest BCUT2D eigenvalue weighted by molar-refractivity contribution is -0.132. The predicted octanol–water partition coefficient (Wildman–Crippen LogP) is 3.81. The lowest BCUT2D eigenvalue weighted by Crippen LogP contribution is -2.38. The molecule has 1 aromatic heterocycles. The highest BCUT2D eigenvalue weighted by Gasteiger charge is 2.28. The first-order valence-electron chi connectivity index (χ1n) is 10.8. The van der Waals surface area contributed by atoms with Crippen molar-refractivity contribution in [3.8, 4) is 28.6 Å². The lowest BCUT2D eigenvalue weighted by Gasteiger charge is -2.30. The molecule has 1 saturated heterocycles. The molecular weight excluding hydrogens is 410 g/mol. The summed E-state index contributed by atoms with van der Waals surface area (Å²) in [4.78, 5) is 19.2. The molecule has 0 radical (unpaired) electrons. The zero-order valence-electron chi connectivity index (χ0n) is 18.0. The van der Waals surface area contributed by atoms with Crippen LogP contribution in [0, 0.1) is 0 Å². The number of benzene rings is 2. The molecular formula is C24H25N3O5. The van der Waals surface area contributed by atoms with Crippen LogP contribution >= 0.6 is 0 Å². The Hall–Kier alpha value is -3.55. The molecule has 0 atom stereocenters. The quantitative estimate of drug-likeness (QED) is 0.582. The molecule has 32 heavy (non-hydrogen) atoms. The van der Waals surface area contributed by atoms with Crippen molar-refractivity contribution in [1.82, 2.24) is 15.0 Å². The maximum atomic E-state index is 12.6. The second-order valence-electron chi connectivity index (χ2n) is 8.03. The van der Waals surface area contributed by atoms with Gasteiger partial charge in [-0.1, -0.05) is 17.3 Å². The summed E-state index contributed by atoms with van der Waals surface area (Å²) in [7, 11) is 1.65. The van der Waals surface area contributed by atoms with Crippen LogP contribution < -0.4 is 14.2 Å². The summed E-state index contributed by atoms with van der Waals surface area (Å²) in [6.45, 7) is 1.63. The second kappa shape index (κ2) is 8.90. The fourth-order valence-electron chi connectivity index (χ4n) is 4.13. The van der Waals surface area contributed by atoms with Crippen LogP contribution in [0.15, 0.2) is 47.0 Å². The van der Waals surface area contributed by atoms with Crippen molar-refractivity contribution in [3.63, 3.8) is 0 Å². The second-order valence-corrected chi connectivity index (χ2v) is 8.03.